The van der Waals surface area contributed by atoms with Crippen LogP contribution in [0, 0.1) is 5.92 Å². The maximum absolute atomic E-state index is 12.7. The van der Waals surface area contributed by atoms with Crippen LogP contribution in [0.15, 0.2) is 30.5 Å². The SMILES string of the molecule is CC(=O)n1cc(C[C@@H]2CCCN2C(=O)[C@@H](N)C(C)C)c2ccccc21. The monoisotopic (exact) mass is 341 g/mol. The number of para-hydroxylation sites is 1. The maximum atomic E-state index is 12.7. The van der Waals surface area contributed by atoms with Crippen LogP contribution in [-0.2, 0) is 11.2 Å². The van der Waals surface area contributed by atoms with Crippen molar-refractivity contribution >= 4 is 22.7 Å². The summed E-state index contributed by atoms with van der Waals surface area (Å²) in [6.07, 6.45) is 4.68. The van der Waals surface area contributed by atoms with Crippen LogP contribution >= 0.6 is 0 Å². The molecule has 0 saturated carbocycles. The Kier molecular flexibility index (Phi) is 4.95. The van der Waals surface area contributed by atoms with Crippen LogP contribution in [0.5, 0.6) is 0 Å². The van der Waals surface area contributed by atoms with Gasteiger partial charge in [-0.05, 0) is 36.8 Å². The Morgan fingerprint density at radius 1 is 1.28 bits per heavy atom. The van der Waals surface area contributed by atoms with Gasteiger partial charge in [-0.3, -0.25) is 14.2 Å². The molecule has 25 heavy (non-hydrogen) atoms. The molecule has 5 nitrogen and oxygen atoms in total. The molecule has 1 amide bonds. The van der Waals surface area contributed by atoms with Gasteiger partial charge in [0.15, 0.2) is 0 Å². The van der Waals surface area contributed by atoms with E-state index in [1.165, 1.54) is 0 Å². The predicted octanol–water partition coefficient (Wildman–Crippen LogP) is 2.82. The fourth-order valence-corrected chi connectivity index (χ4v) is 3.74. The van der Waals surface area contributed by atoms with Crippen LogP contribution < -0.4 is 5.73 Å². The fraction of sp³-hybridized carbons (Fsp3) is 0.500. The number of fused-ring (bicyclic) bond motifs is 1. The summed E-state index contributed by atoms with van der Waals surface area (Å²) >= 11 is 0. The molecule has 1 aliphatic heterocycles. The normalized spacial score (nSPS) is 18.9. The first kappa shape index (κ1) is 17.7. The van der Waals surface area contributed by atoms with E-state index in [0.717, 1.165) is 42.3 Å². The third-order valence-corrected chi connectivity index (χ3v) is 5.25. The molecule has 1 saturated heterocycles. The van der Waals surface area contributed by atoms with Gasteiger partial charge in [0.1, 0.15) is 0 Å². The summed E-state index contributed by atoms with van der Waals surface area (Å²) in [5.74, 6) is 0.185. The minimum Gasteiger partial charge on any atom is -0.338 e. The van der Waals surface area contributed by atoms with E-state index in [0.29, 0.717) is 0 Å². The Hall–Kier alpha value is -2.14. The van der Waals surface area contributed by atoms with Crippen molar-refractivity contribution in [3.8, 4) is 0 Å². The number of hydrogen-bond donors (Lipinski definition) is 1. The van der Waals surface area contributed by atoms with E-state index in [2.05, 4.69) is 0 Å². The number of benzene rings is 1. The lowest BCUT2D eigenvalue weighted by Gasteiger charge is -2.28. The number of aromatic nitrogens is 1. The summed E-state index contributed by atoms with van der Waals surface area (Å²) in [6, 6.07) is 7.65. The molecule has 0 bridgehead atoms. The Balaban J connectivity index is 1.88. The van der Waals surface area contributed by atoms with Crippen molar-refractivity contribution in [3.05, 3.63) is 36.0 Å². The molecule has 1 aromatic heterocycles. The van der Waals surface area contributed by atoms with Gasteiger partial charge in [0.2, 0.25) is 11.8 Å². The first-order valence-electron chi connectivity index (χ1n) is 9.06. The van der Waals surface area contributed by atoms with Crippen molar-refractivity contribution in [3.63, 3.8) is 0 Å². The largest absolute Gasteiger partial charge is 0.338 e. The summed E-state index contributed by atoms with van der Waals surface area (Å²) in [5.41, 5.74) is 8.14. The van der Waals surface area contributed by atoms with Gasteiger partial charge >= 0.3 is 0 Å². The van der Waals surface area contributed by atoms with Crippen molar-refractivity contribution in [1.82, 2.24) is 9.47 Å². The molecule has 5 heteroatoms. The molecule has 2 atom stereocenters. The van der Waals surface area contributed by atoms with Crippen molar-refractivity contribution in [2.24, 2.45) is 11.7 Å². The van der Waals surface area contributed by atoms with E-state index in [1.54, 1.807) is 11.5 Å². The minimum atomic E-state index is -0.445. The number of amides is 1. The van der Waals surface area contributed by atoms with Gasteiger partial charge in [0.05, 0.1) is 11.6 Å². The first-order valence-corrected chi connectivity index (χ1v) is 9.06. The highest BCUT2D eigenvalue weighted by Gasteiger charge is 2.33. The van der Waals surface area contributed by atoms with E-state index in [-0.39, 0.29) is 23.8 Å². The van der Waals surface area contributed by atoms with Crippen LogP contribution in [0.3, 0.4) is 0 Å². The Morgan fingerprint density at radius 3 is 2.68 bits per heavy atom. The molecule has 134 valence electrons. The Labute approximate surface area is 148 Å². The van der Waals surface area contributed by atoms with Gasteiger partial charge in [-0.2, -0.15) is 0 Å². The number of hydrogen-bond acceptors (Lipinski definition) is 3. The Bertz CT molecular complexity index is 793. The van der Waals surface area contributed by atoms with E-state index in [9.17, 15) is 9.59 Å². The van der Waals surface area contributed by atoms with E-state index in [1.807, 2.05) is 49.2 Å². The molecule has 1 aliphatic rings. The zero-order valence-electron chi connectivity index (χ0n) is 15.2. The minimum absolute atomic E-state index is 0.00337. The highest BCUT2D eigenvalue weighted by molar-refractivity contribution is 5.93. The van der Waals surface area contributed by atoms with Gasteiger partial charge in [0, 0.05) is 31.1 Å². The number of rotatable bonds is 4. The second-order valence-electron chi connectivity index (χ2n) is 7.36. The third kappa shape index (κ3) is 3.33. The fourth-order valence-electron chi connectivity index (χ4n) is 3.74. The second-order valence-corrected chi connectivity index (χ2v) is 7.36. The summed E-state index contributed by atoms with van der Waals surface area (Å²) in [5, 5.41) is 1.09. The molecule has 2 heterocycles. The summed E-state index contributed by atoms with van der Waals surface area (Å²) < 4.78 is 1.70. The zero-order chi connectivity index (χ0) is 18.1. The predicted molar refractivity (Wildman–Crippen MR) is 99.5 cm³/mol. The maximum Gasteiger partial charge on any atom is 0.240 e. The number of likely N-dealkylation sites (tertiary alicyclic amines) is 1. The molecule has 1 fully saturated rings. The van der Waals surface area contributed by atoms with Gasteiger partial charge < -0.3 is 10.6 Å². The molecule has 0 aliphatic carbocycles. The molecule has 2 aromatic rings. The number of carbonyl (C=O) groups excluding carboxylic acids is 2. The Morgan fingerprint density at radius 2 is 2.00 bits per heavy atom. The van der Waals surface area contributed by atoms with Gasteiger partial charge in [-0.15, -0.1) is 0 Å². The average molecular weight is 341 g/mol. The van der Waals surface area contributed by atoms with Gasteiger partial charge in [0.25, 0.3) is 0 Å². The molecular weight excluding hydrogens is 314 g/mol. The number of carbonyl (C=O) groups is 2. The van der Waals surface area contributed by atoms with Crippen LogP contribution in [0.4, 0.5) is 0 Å². The standard InChI is InChI=1S/C20H27N3O2/c1-13(2)19(21)20(25)22-10-6-7-16(22)11-15-12-23(14(3)24)18-9-5-4-8-17(15)18/h4-5,8-9,12-13,16,19H,6-7,10-11,21H2,1-3H3/t16-,19-/m0/s1. The summed E-state index contributed by atoms with van der Waals surface area (Å²) in [4.78, 5) is 26.6. The van der Waals surface area contributed by atoms with Crippen molar-refractivity contribution in [2.75, 3.05) is 6.54 Å². The third-order valence-electron chi connectivity index (χ3n) is 5.25. The molecule has 0 spiro atoms. The molecular formula is C20H27N3O2. The zero-order valence-corrected chi connectivity index (χ0v) is 15.2. The molecule has 0 radical (unpaired) electrons. The van der Waals surface area contributed by atoms with Crippen LogP contribution in [0.25, 0.3) is 10.9 Å². The average Bonchev–Trinajstić information content (AvgIpc) is 3.19. The highest BCUT2D eigenvalue weighted by atomic mass is 16.2. The molecule has 0 unspecified atom stereocenters. The quantitative estimate of drug-likeness (QED) is 0.930. The molecule has 1 aromatic carbocycles. The van der Waals surface area contributed by atoms with Crippen LogP contribution in [0.2, 0.25) is 0 Å². The van der Waals surface area contributed by atoms with Crippen LogP contribution in [0.1, 0.15) is 44.0 Å². The number of nitrogens with two attached hydrogens (primary N) is 1. The lowest BCUT2D eigenvalue weighted by Crippen LogP contribution is -2.48. The van der Waals surface area contributed by atoms with Crippen molar-refractivity contribution in [1.29, 1.82) is 0 Å². The van der Waals surface area contributed by atoms with E-state index >= 15 is 0 Å². The van der Waals surface area contributed by atoms with E-state index < -0.39 is 6.04 Å². The lowest BCUT2D eigenvalue weighted by atomic mass is 10.0. The molecule has 3 rings (SSSR count). The highest BCUT2D eigenvalue weighted by Crippen LogP contribution is 2.28. The number of nitrogens with zero attached hydrogens (tertiary/aromatic N) is 2. The first-order chi connectivity index (χ1) is 11.9. The second kappa shape index (κ2) is 7.00. The van der Waals surface area contributed by atoms with E-state index in [4.69, 9.17) is 5.73 Å². The van der Waals surface area contributed by atoms with Gasteiger partial charge in [-0.1, -0.05) is 32.0 Å². The van der Waals surface area contributed by atoms with Crippen LogP contribution in [-0.4, -0.2) is 39.9 Å². The van der Waals surface area contributed by atoms with Crippen molar-refractivity contribution < 1.29 is 9.59 Å². The van der Waals surface area contributed by atoms with Crippen molar-refractivity contribution in [2.45, 2.75) is 52.1 Å². The topological polar surface area (TPSA) is 68.3 Å². The smallest absolute Gasteiger partial charge is 0.240 e. The van der Waals surface area contributed by atoms with Gasteiger partial charge in [-0.25, -0.2) is 0 Å². The lowest BCUT2D eigenvalue weighted by molar-refractivity contribution is -0.134. The summed E-state index contributed by atoms with van der Waals surface area (Å²) in [7, 11) is 0. The summed E-state index contributed by atoms with van der Waals surface area (Å²) in [6.45, 7) is 6.31. The molecule has 2 N–H and O–H groups in total.